The number of nitrogens with one attached hydrogen (secondary N) is 1. The quantitative estimate of drug-likeness (QED) is 0.788. The summed E-state index contributed by atoms with van der Waals surface area (Å²) in [4.78, 5) is 4.46. The van der Waals surface area contributed by atoms with Gasteiger partial charge in [-0.05, 0) is 48.9 Å². The summed E-state index contributed by atoms with van der Waals surface area (Å²) in [6.45, 7) is 2.02. The second-order valence-corrected chi connectivity index (χ2v) is 7.50. The van der Waals surface area contributed by atoms with Gasteiger partial charge in [-0.1, -0.05) is 6.92 Å². The van der Waals surface area contributed by atoms with Crippen molar-refractivity contribution in [1.29, 1.82) is 0 Å². The predicted molar refractivity (Wildman–Crippen MR) is 86.2 cm³/mol. The summed E-state index contributed by atoms with van der Waals surface area (Å²) in [6.07, 6.45) is 0.843. The SMILES string of the molecule is CCc1nc2ccc(NS(=O)(=O)c3ccc(F)cc3)cc2s1. The first-order valence-corrected chi connectivity index (χ1v) is 8.96. The fourth-order valence-electron chi connectivity index (χ4n) is 2.01. The molecule has 4 nitrogen and oxygen atoms in total. The van der Waals surface area contributed by atoms with Crippen LogP contribution in [0.1, 0.15) is 11.9 Å². The van der Waals surface area contributed by atoms with Crippen LogP contribution in [0.3, 0.4) is 0 Å². The van der Waals surface area contributed by atoms with Gasteiger partial charge in [0, 0.05) is 0 Å². The van der Waals surface area contributed by atoms with Crippen molar-refractivity contribution in [2.75, 3.05) is 4.72 Å². The zero-order chi connectivity index (χ0) is 15.7. The molecule has 0 unspecified atom stereocenters. The van der Waals surface area contributed by atoms with Crippen molar-refractivity contribution >= 4 is 37.3 Å². The molecule has 0 bridgehead atoms. The Morgan fingerprint density at radius 2 is 1.91 bits per heavy atom. The molecule has 0 saturated heterocycles. The van der Waals surface area contributed by atoms with Crippen LogP contribution in [0.15, 0.2) is 47.4 Å². The lowest BCUT2D eigenvalue weighted by Crippen LogP contribution is -2.12. The molecule has 22 heavy (non-hydrogen) atoms. The molecule has 1 heterocycles. The van der Waals surface area contributed by atoms with Crippen LogP contribution in [0, 0.1) is 5.82 Å². The maximum Gasteiger partial charge on any atom is 0.261 e. The molecule has 0 radical (unpaired) electrons. The minimum atomic E-state index is -3.73. The first-order valence-electron chi connectivity index (χ1n) is 6.66. The van der Waals surface area contributed by atoms with Crippen LogP contribution in [0.2, 0.25) is 0 Å². The third-order valence-corrected chi connectivity index (χ3v) is 5.67. The highest BCUT2D eigenvalue weighted by Gasteiger charge is 2.14. The Morgan fingerprint density at radius 1 is 1.18 bits per heavy atom. The Morgan fingerprint density at radius 3 is 2.59 bits per heavy atom. The summed E-state index contributed by atoms with van der Waals surface area (Å²) in [6, 6.07) is 9.92. The van der Waals surface area contributed by atoms with Gasteiger partial charge in [0.15, 0.2) is 0 Å². The number of halogens is 1. The zero-order valence-electron chi connectivity index (χ0n) is 11.7. The summed E-state index contributed by atoms with van der Waals surface area (Å²) in [5.41, 5.74) is 1.31. The number of thiazole rings is 1. The number of aromatic nitrogens is 1. The Labute approximate surface area is 131 Å². The molecule has 0 atom stereocenters. The molecule has 3 rings (SSSR count). The maximum atomic E-state index is 12.9. The lowest BCUT2D eigenvalue weighted by Gasteiger charge is -2.07. The Hall–Kier alpha value is -1.99. The average molecular weight is 336 g/mol. The number of benzene rings is 2. The van der Waals surface area contributed by atoms with Crippen molar-refractivity contribution in [3.63, 3.8) is 0 Å². The number of sulfonamides is 1. The minimum Gasteiger partial charge on any atom is -0.280 e. The fourth-order valence-corrected chi connectivity index (χ4v) is 4.01. The van der Waals surface area contributed by atoms with Crippen LogP contribution in [0.25, 0.3) is 10.2 Å². The van der Waals surface area contributed by atoms with Crippen molar-refractivity contribution < 1.29 is 12.8 Å². The van der Waals surface area contributed by atoms with Gasteiger partial charge in [-0.3, -0.25) is 4.72 Å². The number of nitrogens with zero attached hydrogens (tertiary/aromatic N) is 1. The highest BCUT2D eigenvalue weighted by atomic mass is 32.2. The highest BCUT2D eigenvalue weighted by molar-refractivity contribution is 7.92. The van der Waals surface area contributed by atoms with Crippen LogP contribution in [-0.4, -0.2) is 13.4 Å². The predicted octanol–water partition coefficient (Wildman–Crippen LogP) is 3.80. The van der Waals surface area contributed by atoms with E-state index in [0.29, 0.717) is 5.69 Å². The number of aryl methyl sites for hydroxylation is 1. The van der Waals surface area contributed by atoms with Crippen molar-refractivity contribution in [3.8, 4) is 0 Å². The van der Waals surface area contributed by atoms with E-state index in [0.717, 1.165) is 33.8 Å². The monoisotopic (exact) mass is 336 g/mol. The largest absolute Gasteiger partial charge is 0.280 e. The average Bonchev–Trinajstić information content (AvgIpc) is 2.89. The van der Waals surface area contributed by atoms with Crippen molar-refractivity contribution in [1.82, 2.24) is 4.98 Å². The lowest BCUT2D eigenvalue weighted by atomic mass is 10.3. The van der Waals surface area contributed by atoms with E-state index in [1.165, 1.54) is 23.5 Å². The van der Waals surface area contributed by atoms with E-state index in [1.54, 1.807) is 18.2 Å². The Balaban J connectivity index is 1.92. The number of anilines is 1. The third-order valence-electron chi connectivity index (χ3n) is 3.11. The van der Waals surface area contributed by atoms with Gasteiger partial charge in [0.25, 0.3) is 10.0 Å². The van der Waals surface area contributed by atoms with Crippen LogP contribution < -0.4 is 4.72 Å². The van der Waals surface area contributed by atoms with Gasteiger partial charge >= 0.3 is 0 Å². The number of hydrogen-bond acceptors (Lipinski definition) is 4. The number of rotatable bonds is 4. The molecule has 1 aromatic heterocycles. The van der Waals surface area contributed by atoms with Gasteiger partial charge in [-0.25, -0.2) is 17.8 Å². The number of hydrogen-bond donors (Lipinski definition) is 1. The number of fused-ring (bicyclic) bond motifs is 1. The first-order chi connectivity index (χ1) is 10.5. The second kappa shape index (κ2) is 5.66. The van der Waals surface area contributed by atoms with E-state index in [4.69, 9.17) is 0 Å². The van der Waals surface area contributed by atoms with Crippen molar-refractivity contribution in [3.05, 3.63) is 53.3 Å². The van der Waals surface area contributed by atoms with E-state index < -0.39 is 15.8 Å². The molecule has 1 N–H and O–H groups in total. The summed E-state index contributed by atoms with van der Waals surface area (Å²) in [7, 11) is -3.73. The lowest BCUT2D eigenvalue weighted by molar-refractivity contribution is 0.599. The van der Waals surface area contributed by atoms with E-state index in [-0.39, 0.29) is 4.90 Å². The van der Waals surface area contributed by atoms with E-state index in [2.05, 4.69) is 9.71 Å². The molecule has 7 heteroatoms. The van der Waals surface area contributed by atoms with Gasteiger partial charge in [-0.15, -0.1) is 11.3 Å². The van der Waals surface area contributed by atoms with Gasteiger partial charge in [-0.2, -0.15) is 0 Å². The molecule has 0 amide bonds. The van der Waals surface area contributed by atoms with E-state index in [9.17, 15) is 12.8 Å². The summed E-state index contributed by atoms with van der Waals surface area (Å²) in [5.74, 6) is -0.475. The molecule has 0 spiro atoms. The smallest absolute Gasteiger partial charge is 0.261 e. The minimum absolute atomic E-state index is 0.0209. The highest BCUT2D eigenvalue weighted by Crippen LogP contribution is 2.26. The van der Waals surface area contributed by atoms with Gasteiger partial charge in [0.05, 0.1) is 25.8 Å². The Bertz CT molecular complexity index is 918. The molecule has 0 aliphatic carbocycles. The van der Waals surface area contributed by atoms with Crippen LogP contribution in [0.5, 0.6) is 0 Å². The zero-order valence-corrected chi connectivity index (χ0v) is 13.3. The fraction of sp³-hybridized carbons (Fsp3) is 0.133. The van der Waals surface area contributed by atoms with Gasteiger partial charge < -0.3 is 0 Å². The molecule has 0 saturated carbocycles. The van der Waals surface area contributed by atoms with Crippen LogP contribution >= 0.6 is 11.3 Å². The Kier molecular flexibility index (Phi) is 3.84. The summed E-state index contributed by atoms with van der Waals surface area (Å²) < 4.78 is 40.8. The molecular formula is C15H13FN2O2S2. The van der Waals surface area contributed by atoms with Crippen LogP contribution in [-0.2, 0) is 16.4 Å². The van der Waals surface area contributed by atoms with Gasteiger partial charge in [0.1, 0.15) is 5.82 Å². The summed E-state index contributed by atoms with van der Waals surface area (Å²) in [5, 5.41) is 1.01. The van der Waals surface area contributed by atoms with Crippen molar-refractivity contribution in [2.24, 2.45) is 0 Å². The van der Waals surface area contributed by atoms with Gasteiger partial charge in [0.2, 0.25) is 0 Å². The topological polar surface area (TPSA) is 59.1 Å². The summed E-state index contributed by atoms with van der Waals surface area (Å²) >= 11 is 1.54. The second-order valence-electron chi connectivity index (χ2n) is 4.70. The molecule has 2 aromatic carbocycles. The normalized spacial score (nSPS) is 11.7. The molecular weight excluding hydrogens is 323 g/mol. The maximum absolute atomic E-state index is 12.9. The van der Waals surface area contributed by atoms with Crippen LogP contribution in [0.4, 0.5) is 10.1 Å². The molecule has 0 fully saturated rings. The standard InChI is InChI=1S/C15H13FN2O2S2/c1-2-15-17-13-8-5-11(9-14(13)21-15)18-22(19,20)12-6-3-10(16)4-7-12/h3-9,18H,2H2,1H3. The van der Waals surface area contributed by atoms with E-state index in [1.807, 2.05) is 6.92 Å². The molecule has 114 valence electrons. The molecule has 0 aliphatic rings. The molecule has 3 aromatic rings. The third kappa shape index (κ3) is 2.95. The molecule has 0 aliphatic heterocycles. The van der Waals surface area contributed by atoms with E-state index >= 15 is 0 Å². The first kappa shape index (κ1) is 14.9. The van der Waals surface area contributed by atoms with Crippen molar-refractivity contribution in [2.45, 2.75) is 18.2 Å².